The van der Waals surface area contributed by atoms with Gasteiger partial charge in [0.05, 0.1) is 18.2 Å². The van der Waals surface area contributed by atoms with Gasteiger partial charge in [-0.3, -0.25) is 0 Å². The van der Waals surface area contributed by atoms with Gasteiger partial charge in [-0.25, -0.2) is 14.6 Å². The van der Waals surface area contributed by atoms with Gasteiger partial charge in [0.25, 0.3) is 0 Å². The van der Waals surface area contributed by atoms with E-state index in [4.69, 9.17) is 14.2 Å². The summed E-state index contributed by atoms with van der Waals surface area (Å²) in [5.74, 6) is -0.192. The van der Waals surface area contributed by atoms with Crippen LogP contribution in [0.5, 0.6) is 5.75 Å². The molecule has 0 atom stereocenters. The standard InChI is InChI=1S/C20H28N2O5S.ClH/c1-12(2)9-21-10-13-7-8-14-16(26-11-15(23)27-20(3,4)5)17(19(24)25-6)28-18(14)22-13;/h7-8,12,21H,9-11H2,1-6H3;1H. The molecular formula is C20H29ClN2O5S. The summed E-state index contributed by atoms with van der Waals surface area (Å²) >= 11 is 1.18. The fourth-order valence-electron chi connectivity index (χ4n) is 2.45. The van der Waals surface area contributed by atoms with E-state index >= 15 is 0 Å². The van der Waals surface area contributed by atoms with Gasteiger partial charge in [0.2, 0.25) is 0 Å². The van der Waals surface area contributed by atoms with Crippen molar-refractivity contribution in [2.24, 2.45) is 5.92 Å². The van der Waals surface area contributed by atoms with Gasteiger partial charge >= 0.3 is 11.9 Å². The lowest BCUT2D eigenvalue weighted by molar-refractivity contribution is -0.157. The van der Waals surface area contributed by atoms with E-state index in [0.717, 1.165) is 12.2 Å². The summed E-state index contributed by atoms with van der Waals surface area (Å²) in [6.45, 7) is 10.8. The summed E-state index contributed by atoms with van der Waals surface area (Å²) in [5, 5.41) is 4.01. The van der Waals surface area contributed by atoms with Crippen LogP contribution in [-0.4, -0.2) is 42.8 Å². The fraction of sp³-hybridized carbons (Fsp3) is 0.550. The molecule has 9 heteroatoms. The highest BCUT2D eigenvalue weighted by molar-refractivity contribution is 7.20. The number of carbonyl (C=O) groups excluding carboxylic acids is 2. The number of hydrogen-bond acceptors (Lipinski definition) is 8. The van der Waals surface area contributed by atoms with Crippen molar-refractivity contribution in [2.45, 2.75) is 46.8 Å². The Hall–Kier alpha value is -1.90. The first-order valence-electron chi connectivity index (χ1n) is 9.16. The maximum absolute atomic E-state index is 12.2. The Balaban J connectivity index is 0.00000420. The summed E-state index contributed by atoms with van der Waals surface area (Å²) in [7, 11) is 1.30. The summed E-state index contributed by atoms with van der Waals surface area (Å²) in [5.41, 5.74) is 0.256. The van der Waals surface area contributed by atoms with E-state index in [2.05, 4.69) is 24.1 Å². The first-order chi connectivity index (χ1) is 13.1. The number of esters is 2. The molecule has 0 bridgehead atoms. The molecule has 0 saturated heterocycles. The summed E-state index contributed by atoms with van der Waals surface area (Å²) < 4.78 is 15.8. The molecular weight excluding hydrogens is 416 g/mol. The molecule has 2 aromatic heterocycles. The number of thiophene rings is 1. The highest BCUT2D eigenvalue weighted by Crippen LogP contribution is 2.37. The Kier molecular flexibility index (Phi) is 9.32. The lowest BCUT2D eigenvalue weighted by Gasteiger charge is -2.19. The number of methoxy groups -OCH3 is 1. The molecule has 0 fully saturated rings. The molecule has 0 amide bonds. The third-order valence-corrected chi connectivity index (χ3v) is 4.61. The van der Waals surface area contributed by atoms with E-state index in [0.29, 0.717) is 28.4 Å². The molecule has 0 unspecified atom stereocenters. The quantitative estimate of drug-likeness (QED) is 0.616. The van der Waals surface area contributed by atoms with Gasteiger partial charge in [-0.1, -0.05) is 13.8 Å². The number of carbonyl (C=O) groups is 2. The minimum absolute atomic E-state index is 0. The molecule has 0 aromatic carbocycles. The van der Waals surface area contributed by atoms with Crippen LogP contribution in [0.2, 0.25) is 0 Å². The summed E-state index contributed by atoms with van der Waals surface area (Å²) in [6, 6.07) is 3.73. The van der Waals surface area contributed by atoms with Crippen LogP contribution in [0.25, 0.3) is 10.2 Å². The minimum atomic E-state index is -0.609. The molecule has 7 nitrogen and oxygen atoms in total. The number of nitrogens with zero attached hydrogens (tertiary/aromatic N) is 1. The second kappa shape index (κ2) is 10.8. The van der Waals surface area contributed by atoms with E-state index in [9.17, 15) is 9.59 Å². The highest BCUT2D eigenvalue weighted by atomic mass is 35.5. The summed E-state index contributed by atoms with van der Waals surface area (Å²) in [4.78, 5) is 29.7. The van der Waals surface area contributed by atoms with Crippen molar-refractivity contribution in [3.8, 4) is 5.75 Å². The maximum atomic E-state index is 12.2. The van der Waals surface area contributed by atoms with Gasteiger partial charge in [-0.2, -0.15) is 0 Å². The molecule has 2 aromatic rings. The van der Waals surface area contributed by atoms with Crippen LogP contribution in [0.1, 0.15) is 50.0 Å². The monoisotopic (exact) mass is 444 g/mol. The van der Waals surface area contributed by atoms with Crippen molar-refractivity contribution < 1.29 is 23.8 Å². The summed E-state index contributed by atoms with van der Waals surface area (Å²) in [6.07, 6.45) is 0. The van der Waals surface area contributed by atoms with Crippen molar-refractivity contribution in [3.63, 3.8) is 0 Å². The van der Waals surface area contributed by atoms with Crippen LogP contribution in [0.15, 0.2) is 12.1 Å². The zero-order valence-electron chi connectivity index (χ0n) is 17.7. The van der Waals surface area contributed by atoms with Gasteiger partial charge in [0.1, 0.15) is 10.4 Å². The van der Waals surface area contributed by atoms with Crippen LogP contribution in [0.3, 0.4) is 0 Å². The van der Waals surface area contributed by atoms with Crippen molar-refractivity contribution in [1.29, 1.82) is 0 Å². The smallest absolute Gasteiger partial charge is 0.351 e. The number of nitrogens with one attached hydrogen (secondary N) is 1. The van der Waals surface area contributed by atoms with Gasteiger partial charge in [-0.15, -0.1) is 23.7 Å². The van der Waals surface area contributed by atoms with Gasteiger partial charge in [0.15, 0.2) is 17.2 Å². The lowest BCUT2D eigenvalue weighted by atomic mass is 10.2. The third kappa shape index (κ3) is 7.45. The molecule has 1 N–H and O–H groups in total. The van der Waals surface area contributed by atoms with E-state index in [1.165, 1.54) is 18.4 Å². The molecule has 2 rings (SSSR count). The zero-order valence-corrected chi connectivity index (χ0v) is 19.3. The van der Waals surface area contributed by atoms with Gasteiger partial charge in [0, 0.05) is 6.54 Å². The molecule has 0 aliphatic heterocycles. The number of fused-ring (bicyclic) bond motifs is 1. The molecule has 0 aliphatic carbocycles. The first-order valence-corrected chi connectivity index (χ1v) is 9.98. The minimum Gasteiger partial charge on any atom is -0.479 e. The number of aromatic nitrogens is 1. The van der Waals surface area contributed by atoms with Gasteiger partial charge in [-0.05, 0) is 45.4 Å². The molecule has 0 radical (unpaired) electrons. The van der Waals surface area contributed by atoms with Crippen molar-refractivity contribution in [1.82, 2.24) is 10.3 Å². The molecule has 0 aliphatic rings. The first kappa shape index (κ1) is 25.1. The second-order valence-electron chi connectivity index (χ2n) is 7.81. The molecule has 0 spiro atoms. The van der Waals surface area contributed by atoms with E-state index in [1.807, 2.05) is 12.1 Å². The largest absolute Gasteiger partial charge is 0.479 e. The Labute approximate surface area is 181 Å². The normalized spacial score (nSPS) is 11.3. The van der Waals surface area contributed by atoms with Crippen LogP contribution >= 0.6 is 23.7 Å². The number of rotatable bonds is 8. The predicted octanol–water partition coefficient (Wildman–Crippen LogP) is 3.97. The fourth-order valence-corrected chi connectivity index (χ4v) is 3.51. The second-order valence-corrected chi connectivity index (χ2v) is 8.81. The number of ether oxygens (including phenoxy) is 3. The Morgan fingerprint density at radius 3 is 2.52 bits per heavy atom. The maximum Gasteiger partial charge on any atom is 0.351 e. The molecule has 162 valence electrons. The van der Waals surface area contributed by atoms with Crippen molar-refractivity contribution in [3.05, 3.63) is 22.7 Å². The SMILES string of the molecule is COC(=O)c1sc2nc(CNCC(C)C)ccc2c1OCC(=O)OC(C)(C)C.Cl. The number of hydrogen-bond donors (Lipinski definition) is 1. The predicted molar refractivity (Wildman–Crippen MR) is 116 cm³/mol. The molecule has 0 saturated carbocycles. The number of pyridine rings is 1. The van der Waals surface area contributed by atoms with E-state index < -0.39 is 17.5 Å². The Bertz CT molecular complexity index is 845. The highest BCUT2D eigenvalue weighted by Gasteiger charge is 2.24. The average molecular weight is 445 g/mol. The Morgan fingerprint density at radius 2 is 1.93 bits per heavy atom. The van der Waals surface area contributed by atoms with Crippen LogP contribution in [0, 0.1) is 5.92 Å². The zero-order chi connectivity index (χ0) is 20.9. The molecule has 2 heterocycles. The topological polar surface area (TPSA) is 86.8 Å². The van der Waals surface area contributed by atoms with Crippen molar-refractivity contribution in [2.75, 3.05) is 20.3 Å². The lowest BCUT2D eigenvalue weighted by Crippen LogP contribution is -2.27. The third-order valence-electron chi connectivity index (χ3n) is 3.55. The Morgan fingerprint density at radius 1 is 1.24 bits per heavy atom. The van der Waals surface area contributed by atoms with Crippen molar-refractivity contribution >= 4 is 45.9 Å². The van der Waals surface area contributed by atoms with Crippen LogP contribution < -0.4 is 10.1 Å². The van der Waals surface area contributed by atoms with Gasteiger partial charge < -0.3 is 19.5 Å². The average Bonchev–Trinajstić information content (AvgIpc) is 2.95. The van der Waals surface area contributed by atoms with Crippen LogP contribution in [-0.2, 0) is 20.8 Å². The van der Waals surface area contributed by atoms with Crippen LogP contribution in [0.4, 0.5) is 0 Å². The molecule has 29 heavy (non-hydrogen) atoms. The van der Waals surface area contributed by atoms with E-state index in [1.54, 1.807) is 20.8 Å². The number of halogens is 1. The van der Waals surface area contributed by atoms with E-state index in [-0.39, 0.29) is 23.9 Å².